The van der Waals surface area contributed by atoms with Gasteiger partial charge >= 0.3 is 0 Å². The minimum absolute atomic E-state index is 0.220. The summed E-state index contributed by atoms with van der Waals surface area (Å²) in [5, 5.41) is 12.1. The zero-order valence-electron chi connectivity index (χ0n) is 14.5. The van der Waals surface area contributed by atoms with Gasteiger partial charge in [-0.2, -0.15) is 0 Å². The average molecular weight is 340 g/mol. The third kappa shape index (κ3) is 4.54. The second-order valence-corrected chi connectivity index (χ2v) is 6.51. The largest absolute Gasteiger partial charge is 0.396 e. The molecule has 1 amide bonds. The van der Waals surface area contributed by atoms with Crippen molar-refractivity contribution >= 4 is 11.6 Å². The predicted octanol–water partition coefficient (Wildman–Crippen LogP) is 1.92. The summed E-state index contributed by atoms with van der Waals surface area (Å²) in [5.41, 5.74) is 3.35. The number of aromatic nitrogens is 2. The molecule has 1 aromatic carbocycles. The van der Waals surface area contributed by atoms with Crippen LogP contribution in [0.4, 0.5) is 5.69 Å². The summed E-state index contributed by atoms with van der Waals surface area (Å²) in [4.78, 5) is 22.6. The molecule has 0 saturated carbocycles. The molecule has 1 aliphatic heterocycles. The Hall–Kier alpha value is -2.47. The van der Waals surface area contributed by atoms with E-state index in [2.05, 4.69) is 32.3 Å². The summed E-state index contributed by atoms with van der Waals surface area (Å²) in [5.74, 6) is 0.221. The number of benzene rings is 1. The fraction of sp³-hybridized carbons (Fsp3) is 0.421. The molecule has 0 spiro atoms. The van der Waals surface area contributed by atoms with Crippen LogP contribution in [0.5, 0.6) is 0 Å². The molecule has 1 fully saturated rings. The van der Waals surface area contributed by atoms with Crippen LogP contribution in [0.2, 0.25) is 0 Å². The molecule has 25 heavy (non-hydrogen) atoms. The monoisotopic (exact) mass is 340 g/mol. The molecular weight excluding hydrogens is 316 g/mol. The Kier molecular flexibility index (Phi) is 5.60. The highest BCUT2D eigenvalue weighted by Crippen LogP contribution is 2.23. The fourth-order valence-electron chi connectivity index (χ4n) is 2.98. The molecular formula is C19H24N4O2. The maximum absolute atomic E-state index is 12.1. The first-order chi connectivity index (χ1) is 12.2. The summed E-state index contributed by atoms with van der Waals surface area (Å²) in [6, 6.07) is 8.25. The first-order valence-electron chi connectivity index (χ1n) is 8.67. The van der Waals surface area contributed by atoms with Crippen LogP contribution in [-0.2, 0) is 6.54 Å². The van der Waals surface area contributed by atoms with Gasteiger partial charge in [-0.15, -0.1) is 0 Å². The van der Waals surface area contributed by atoms with Crippen molar-refractivity contribution < 1.29 is 9.90 Å². The first-order valence-corrected chi connectivity index (χ1v) is 8.67. The van der Waals surface area contributed by atoms with E-state index in [1.165, 1.54) is 11.9 Å². The van der Waals surface area contributed by atoms with Crippen LogP contribution in [0.1, 0.15) is 34.6 Å². The number of hydrogen-bond donors (Lipinski definition) is 2. The maximum Gasteiger partial charge on any atom is 0.271 e. The van der Waals surface area contributed by atoms with Gasteiger partial charge in [0.25, 0.3) is 5.91 Å². The molecule has 0 radical (unpaired) electrons. The Morgan fingerprint density at radius 1 is 1.20 bits per heavy atom. The van der Waals surface area contributed by atoms with Crippen LogP contribution in [0, 0.1) is 12.8 Å². The van der Waals surface area contributed by atoms with Gasteiger partial charge in [0.15, 0.2) is 0 Å². The minimum Gasteiger partial charge on any atom is -0.396 e. The summed E-state index contributed by atoms with van der Waals surface area (Å²) < 4.78 is 0. The van der Waals surface area contributed by atoms with E-state index in [0.717, 1.165) is 37.2 Å². The van der Waals surface area contributed by atoms with Gasteiger partial charge in [-0.3, -0.25) is 9.78 Å². The van der Waals surface area contributed by atoms with Crippen molar-refractivity contribution in [2.75, 3.05) is 24.6 Å². The maximum atomic E-state index is 12.1. The van der Waals surface area contributed by atoms with Crippen LogP contribution in [0.15, 0.2) is 36.7 Å². The van der Waals surface area contributed by atoms with Gasteiger partial charge in [-0.1, -0.05) is 12.1 Å². The van der Waals surface area contributed by atoms with Crippen LogP contribution >= 0.6 is 0 Å². The highest BCUT2D eigenvalue weighted by Gasteiger charge is 2.18. The molecule has 1 saturated heterocycles. The van der Waals surface area contributed by atoms with Crippen LogP contribution in [0.25, 0.3) is 0 Å². The van der Waals surface area contributed by atoms with E-state index in [9.17, 15) is 9.90 Å². The number of piperidine rings is 1. The van der Waals surface area contributed by atoms with E-state index in [1.807, 2.05) is 19.1 Å². The lowest BCUT2D eigenvalue weighted by atomic mass is 9.97. The average Bonchev–Trinajstić information content (AvgIpc) is 2.67. The highest BCUT2D eigenvalue weighted by atomic mass is 16.3. The quantitative estimate of drug-likeness (QED) is 0.869. The first kappa shape index (κ1) is 17.4. The normalized spacial score (nSPS) is 15.2. The molecule has 3 rings (SSSR count). The Labute approximate surface area is 147 Å². The summed E-state index contributed by atoms with van der Waals surface area (Å²) in [6.45, 7) is 4.54. The Morgan fingerprint density at radius 3 is 2.52 bits per heavy atom. The summed E-state index contributed by atoms with van der Waals surface area (Å²) in [6.07, 6.45) is 5.14. The van der Waals surface area contributed by atoms with Crippen molar-refractivity contribution in [2.24, 2.45) is 5.92 Å². The molecule has 2 N–H and O–H groups in total. The number of hydrogen-bond acceptors (Lipinski definition) is 5. The number of anilines is 1. The standard InChI is InChI=1S/C19H24N4O2/c1-14-10-21-18(12-20-14)19(25)22-11-15-2-4-17(5-3-15)23-8-6-16(13-24)7-9-23/h2-5,10,12,16,24H,6-9,11,13H2,1H3,(H,22,25). The number of carbonyl (C=O) groups excluding carboxylic acids is 1. The Bertz CT molecular complexity index is 692. The second-order valence-electron chi connectivity index (χ2n) is 6.51. The van der Waals surface area contributed by atoms with Gasteiger partial charge in [0.2, 0.25) is 0 Å². The van der Waals surface area contributed by atoms with Crippen molar-refractivity contribution in [1.29, 1.82) is 0 Å². The fourth-order valence-corrected chi connectivity index (χ4v) is 2.98. The summed E-state index contributed by atoms with van der Waals surface area (Å²) in [7, 11) is 0. The number of aliphatic hydroxyl groups is 1. The number of nitrogens with one attached hydrogen (secondary N) is 1. The van der Waals surface area contributed by atoms with Crippen LogP contribution < -0.4 is 10.2 Å². The number of aryl methyl sites for hydroxylation is 1. The zero-order valence-corrected chi connectivity index (χ0v) is 14.5. The third-order valence-corrected chi connectivity index (χ3v) is 4.64. The Balaban J connectivity index is 1.52. The SMILES string of the molecule is Cc1cnc(C(=O)NCc2ccc(N3CCC(CO)CC3)cc2)cn1. The van der Waals surface area contributed by atoms with Crippen molar-refractivity contribution in [2.45, 2.75) is 26.3 Å². The zero-order chi connectivity index (χ0) is 17.6. The van der Waals surface area contributed by atoms with Crippen LogP contribution in [0.3, 0.4) is 0 Å². The van der Waals surface area contributed by atoms with E-state index < -0.39 is 0 Å². The van der Waals surface area contributed by atoms with E-state index in [4.69, 9.17) is 0 Å². The number of carbonyl (C=O) groups is 1. The number of amides is 1. The lowest BCUT2D eigenvalue weighted by molar-refractivity contribution is 0.0945. The van der Waals surface area contributed by atoms with E-state index in [-0.39, 0.29) is 12.5 Å². The predicted molar refractivity (Wildman–Crippen MR) is 96.4 cm³/mol. The smallest absolute Gasteiger partial charge is 0.271 e. The van der Waals surface area contributed by atoms with Crippen molar-refractivity contribution in [3.8, 4) is 0 Å². The molecule has 1 aliphatic rings. The molecule has 2 heterocycles. The molecule has 0 bridgehead atoms. The van der Waals surface area contributed by atoms with Gasteiger partial charge < -0.3 is 15.3 Å². The van der Waals surface area contributed by atoms with Crippen LogP contribution in [-0.4, -0.2) is 40.7 Å². The summed E-state index contributed by atoms with van der Waals surface area (Å²) >= 11 is 0. The molecule has 0 atom stereocenters. The van der Waals surface area contributed by atoms with Gasteiger partial charge in [0, 0.05) is 38.1 Å². The highest BCUT2D eigenvalue weighted by molar-refractivity contribution is 5.91. The topological polar surface area (TPSA) is 78.4 Å². The van der Waals surface area contributed by atoms with E-state index in [0.29, 0.717) is 18.2 Å². The molecule has 132 valence electrons. The van der Waals surface area contributed by atoms with Crippen molar-refractivity contribution in [3.05, 3.63) is 53.6 Å². The number of rotatable bonds is 5. The molecule has 1 aromatic heterocycles. The van der Waals surface area contributed by atoms with Crippen molar-refractivity contribution in [3.63, 3.8) is 0 Å². The lowest BCUT2D eigenvalue weighted by Crippen LogP contribution is -2.34. The number of nitrogens with zero attached hydrogens (tertiary/aromatic N) is 3. The molecule has 6 heteroatoms. The molecule has 6 nitrogen and oxygen atoms in total. The lowest BCUT2D eigenvalue weighted by Gasteiger charge is -2.33. The van der Waals surface area contributed by atoms with Crippen molar-refractivity contribution in [1.82, 2.24) is 15.3 Å². The Morgan fingerprint density at radius 2 is 1.92 bits per heavy atom. The minimum atomic E-state index is -0.220. The van der Waals surface area contributed by atoms with E-state index >= 15 is 0 Å². The number of aliphatic hydroxyl groups excluding tert-OH is 1. The molecule has 0 aliphatic carbocycles. The van der Waals surface area contributed by atoms with E-state index in [1.54, 1.807) is 6.20 Å². The second kappa shape index (κ2) is 8.07. The van der Waals surface area contributed by atoms with Gasteiger partial charge in [-0.25, -0.2) is 4.98 Å². The molecule has 0 unspecified atom stereocenters. The third-order valence-electron chi connectivity index (χ3n) is 4.64. The molecule has 2 aromatic rings. The van der Waals surface area contributed by atoms with Gasteiger partial charge in [0.1, 0.15) is 5.69 Å². The van der Waals surface area contributed by atoms with Gasteiger partial charge in [0.05, 0.1) is 11.9 Å². The van der Waals surface area contributed by atoms with Gasteiger partial charge in [-0.05, 0) is 43.4 Å².